The highest BCUT2D eigenvalue weighted by molar-refractivity contribution is 7.03. The minimum absolute atomic E-state index is 0.384. The summed E-state index contributed by atoms with van der Waals surface area (Å²) in [6, 6.07) is 0. The van der Waals surface area contributed by atoms with Crippen molar-refractivity contribution in [1.29, 1.82) is 0 Å². The molecule has 4 nitrogen and oxygen atoms in total. The lowest BCUT2D eigenvalue weighted by atomic mass is 10.4. The molecule has 0 fully saturated rings. The average Bonchev–Trinajstić information content (AvgIpc) is 2.41. The van der Waals surface area contributed by atoms with E-state index in [0.29, 0.717) is 19.5 Å². The Labute approximate surface area is 62.0 Å². The van der Waals surface area contributed by atoms with Gasteiger partial charge in [-0.1, -0.05) is 4.49 Å². The third kappa shape index (κ3) is 2.10. The average molecular weight is 158 g/mol. The molecule has 1 rings (SSSR count). The van der Waals surface area contributed by atoms with Crippen LogP contribution in [0.2, 0.25) is 0 Å². The van der Waals surface area contributed by atoms with Crippen molar-refractivity contribution in [3.8, 4) is 0 Å². The van der Waals surface area contributed by atoms with Crippen molar-refractivity contribution >= 4 is 18.0 Å². The molecular formula is C5H6N2O2S. The highest BCUT2D eigenvalue weighted by Crippen LogP contribution is 1.97. The van der Waals surface area contributed by atoms with E-state index in [4.69, 9.17) is 0 Å². The summed E-state index contributed by atoms with van der Waals surface area (Å²) in [5, 5.41) is 5.59. The lowest BCUT2D eigenvalue weighted by molar-refractivity contribution is -0.128. The molecular weight excluding hydrogens is 152 g/mol. The van der Waals surface area contributed by atoms with E-state index in [9.17, 15) is 4.79 Å². The van der Waals surface area contributed by atoms with Crippen molar-refractivity contribution in [3.05, 3.63) is 11.1 Å². The lowest BCUT2D eigenvalue weighted by Crippen LogP contribution is -1.96. The van der Waals surface area contributed by atoms with Crippen LogP contribution in [-0.2, 0) is 16.0 Å². The first-order valence-corrected chi connectivity index (χ1v) is 3.58. The molecule has 54 valence electrons. The van der Waals surface area contributed by atoms with E-state index in [-0.39, 0.29) is 0 Å². The smallest absolute Gasteiger partial charge is 0.293 e. The van der Waals surface area contributed by atoms with Crippen LogP contribution in [-0.4, -0.2) is 22.7 Å². The predicted octanol–water partition coefficient (Wildman–Crippen LogP) is 0.254. The summed E-state index contributed by atoms with van der Waals surface area (Å²) in [5.74, 6) is 0. The van der Waals surface area contributed by atoms with Gasteiger partial charge in [-0.05, 0) is 11.5 Å². The Morgan fingerprint density at radius 1 is 1.80 bits per heavy atom. The van der Waals surface area contributed by atoms with Crippen LogP contribution in [0.3, 0.4) is 0 Å². The van der Waals surface area contributed by atoms with Crippen molar-refractivity contribution in [2.24, 2.45) is 0 Å². The maximum absolute atomic E-state index is 9.68. The van der Waals surface area contributed by atoms with Gasteiger partial charge in [-0.2, -0.15) is 0 Å². The third-order valence-corrected chi connectivity index (χ3v) is 1.50. The molecule has 1 heterocycles. The zero-order valence-corrected chi connectivity index (χ0v) is 6.00. The Bertz CT molecular complexity index is 188. The number of nitrogens with zero attached hydrogens (tertiary/aromatic N) is 2. The van der Waals surface area contributed by atoms with Gasteiger partial charge in [-0.15, -0.1) is 5.10 Å². The van der Waals surface area contributed by atoms with Gasteiger partial charge >= 0.3 is 0 Å². The van der Waals surface area contributed by atoms with Crippen molar-refractivity contribution in [1.82, 2.24) is 9.59 Å². The number of carbonyl (C=O) groups excluding carboxylic acids is 1. The largest absolute Gasteiger partial charge is 0.467 e. The number of ether oxygens (including phenoxy) is 1. The number of rotatable bonds is 4. The van der Waals surface area contributed by atoms with E-state index in [0.717, 1.165) is 5.69 Å². The number of aromatic nitrogens is 2. The summed E-state index contributed by atoms with van der Waals surface area (Å²) in [7, 11) is 0. The zero-order chi connectivity index (χ0) is 7.23. The highest BCUT2D eigenvalue weighted by atomic mass is 32.1. The quantitative estimate of drug-likeness (QED) is 0.465. The van der Waals surface area contributed by atoms with Crippen molar-refractivity contribution < 1.29 is 9.53 Å². The molecule has 0 saturated heterocycles. The second-order valence-corrected chi connectivity index (χ2v) is 2.22. The molecule has 0 aliphatic rings. The summed E-state index contributed by atoms with van der Waals surface area (Å²) in [4.78, 5) is 9.68. The first kappa shape index (κ1) is 7.14. The number of carbonyl (C=O) groups is 1. The number of hydrogen-bond donors (Lipinski definition) is 0. The summed E-state index contributed by atoms with van der Waals surface area (Å²) >= 11 is 1.29. The van der Waals surface area contributed by atoms with Crippen LogP contribution in [0.5, 0.6) is 0 Å². The molecule has 0 aliphatic heterocycles. The minimum atomic E-state index is 0.384. The fourth-order valence-electron chi connectivity index (χ4n) is 0.505. The molecule has 0 aliphatic carbocycles. The van der Waals surface area contributed by atoms with Crippen molar-refractivity contribution in [2.45, 2.75) is 6.42 Å². The molecule has 1 aromatic rings. The molecule has 0 saturated carbocycles. The van der Waals surface area contributed by atoms with E-state index in [1.807, 2.05) is 5.38 Å². The van der Waals surface area contributed by atoms with Gasteiger partial charge in [0.2, 0.25) is 0 Å². The molecule has 0 radical (unpaired) electrons. The Hall–Kier alpha value is -0.970. The molecule has 10 heavy (non-hydrogen) atoms. The van der Waals surface area contributed by atoms with Gasteiger partial charge in [0.25, 0.3) is 6.47 Å². The predicted molar refractivity (Wildman–Crippen MR) is 35.6 cm³/mol. The first-order valence-electron chi connectivity index (χ1n) is 2.74. The van der Waals surface area contributed by atoms with Crippen LogP contribution in [0, 0.1) is 0 Å². The van der Waals surface area contributed by atoms with Gasteiger partial charge in [-0.25, -0.2) is 0 Å². The van der Waals surface area contributed by atoms with Gasteiger partial charge < -0.3 is 4.74 Å². The molecule has 1 aromatic heterocycles. The molecule has 0 bridgehead atoms. The monoisotopic (exact) mass is 158 g/mol. The Morgan fingerprint density at radius 3 is 3.30 bits per heavy atom. The van der Waals surface area contributed by atoms with Crippen LogP contribution in [0.15, 0.2) is 5.38 Å². The second-order valence-electron chi connectivity index (χ2n) is 1.61. The molecule has 5 heteroatoms. The lowest BCUT2D eigenvalue weighted by Gasteiger charge is -1.91. The van der Waals surface area contributed by atoms with Gasteiger partial charge in [-0.3, -0.25) is 4.79 Å². The molecule has 0 N–H and O–H groups in total. The van der Waals surface area contributed by atoms with E-state index < -0.39 is 0 Å². The standard InChI is InChI=1S/C5H6N2O2S/c8-4-9-2-1-5-3-10-7-6-5/h3-4H,1-2H2. The fourth-order valence-corrected chi connectivity index (χ4v) is 0.990. The topological polar surface area (TPSA) is 52.1 Å². The van der Waals surface area contributed by atoms with Crippen LogP contribution >= 0.6 is 11.5 Å². The second kappa shape index (κ2) is 3.94. The fraction of sp³-hybridized carbons (Fsp3) is 0.400. The van der Waals surface area contributed by atoms with E-state index in [1.54, 1.807) is 0 Å². The molecule has 0 amide bonds. The maximum Gasteiger partial charge on any atom is 0.293 e. The minimum Gasteiger partial charge on any atom is -0.467 e. The zero-order valence-electron chi connectivity index (χ0n) is 5.19. The van der Waals surface area contributed by atoms with Gasteiger partial charge in [0.15, 0.2) is 0 Å². The summed E-state index contributed by atoms with van der Waals surface area (Å²) < 4.78 is 8.11. The van der Waals surface area contributed by atoms with Crippen LogP contribution in [0.4, 0.5) is 0 Å². The first-order chi connectivity index (χ1) is 4.93. The van der Waals surface area contributed by atoms with Crippen LogP contribution < -0.4 is 0 Å². The molecule has 0 unspecified atom stereocenters. The van der Waals surface area contributed by atoms with Gasteiger partial charge in [0, 0.05) is 11.8 Å². The Balaban J connectivity index is 2.21. The van der Waals surface area contributed by atoms with Crippen LogP contribution in [0.25, 0.3) is 0 Å². The van der Waals surface area contributed by atoms with E-state index >= 15 is 0 Å². The van der Waals surface area contributed by atoms with Crippen LogP contribution in [0.1, 0.15) is 5.69 Å². The van der Waals surface area contributed by atoms with Crippen molar-refractivity contribution in [3.63, 3.8) is 0 Å². The molecule has 0 spiro atoms. The SMILES string of the molecule is O=COCCc1csnn1. The summed E-state index contributed by atoms with van der Waals surface area (Å²) in [5.41, 5.74) is 0.867. The van der Waals surface area contributed by atoms with E-state index in [1.165, 1.54) is 11.5 Å². The summed E-state index contributed by atoms with van der Waals surface area (Å²) in [6.45, 7) is 0.814. The van der Waals surface area contributed by atoms with E-state index in [2.05, 4.69) is 14.3 Å². The maximum atomic E-state index is 9.68. The molecule has 0 atom stereocenters. The summed E-state index contributed by atoms with van der Waals surface area (Å²) in [6.07, 6.45) is 0.648. The van der Waals surface area contributed by atoms with Gasteiger partial charge in [0.1, 0.15) is 0 Å². The normalized spacial score (nSPS) is 9.20. The van der Waals surface area contributed by atoms with Crippen molar-refractivity contribution in [2.75, 3.05) is 6.61 Å². The Kier molecular flexibility index (Phi) is 2.82. The third-order valence-electron chi connectivity index (χ3n) is 0.949. The van der Waals surface area contributed by atoms with Gasteiger partial charge in [0.05, 0.1) is 12.3 Å². The highest BCUT2D eigenvalue weighted by Gasteiger charge is 1.94. The number of hydrogen-bond acceptors (Lipinski definition) is 5. The molecule has 0 aromatic carbocycles. The Morgan fingerprint density at radius 2 is 2.70 bits per heavy atom.